The van der Waals surface area contributed by atoms with Crippen LogP contribution in [0.4, 0.5) is 34.5 Å². The number of hydrogen-bond donors (Lipinski definition) is 2. The number of aryl methyl sites for hydroxylation is 1. The molecule has 0 amide bonds. The van der Waals surface area contributed by atoms with Crippen LogP contribution in [0.2, 0.25) is 0 Å². The lowest BCUT2D eigenvalue weighted by atomic mass is 10.0. The number of rotatable bonds is 8. The van der Waals surface area contributed by atoms with Crippen LogP contribution in [-0.4, -0.2) is 29.6 Å². The molecule has 0 radical (unpaired) electrons. The van der Waals surface area contributed by atoms with Crippen LogP contribution in [0.25, 0.3) is 5.57 Å². The summed E-state index contributed by atoms with van der Waals surface area (Å²) in [6, 6.07) is 15.0. The zero-order chi connectivity index (χ0) is 25.8. The van der Waals surface area contributed by atoms with Gasteiger partial charge < -0.3 is 20.4 Å². The first kappa shape index (κ1) is 24.6. The predicted molar refractivity (Wildman–Crippen MR) is 157 cm³/mol. The van der Waals surface area contributed by atoms with Crippen molar-refractivity contribution >= 4 is 40.1 Å². The number of nitrogens with one attached hydrogen (secondary N) is 2. The molecule has 0 bridgehead atoms. The molecule has 5 rings (SSSR count). The van der Waals surface area contributed by atoms with E-state index in [-0.39, 0.29) is 0 Å². The third-order valence-electron chi connectivity index (χ3n) is 7.14. The second-order valence-corrected chi connectivity index (χ2v) is 9.87. The minimum Gasteiger partial charge on any atom is -0.372 e. The van der Waals surface area contributed by atoms with Gasteiger partial charge in [-0.3, -0.25) is 0 Å². The predicted octanol–water partition coefficient (Wildman–Crippen LogP) is 7.44. The smallest absolute Gasteiger partial charge is 0.229 e. The lowest BCUT2D eigenvalue weighted by molar-refractivity contribution is 0.578. The summed E-state index contributed by atoms with van der Waals surface area (Å²) in [4.78, 5) is 14.1. The van der Waals surface area contributed by atoms with Crippen molar-refractivity contribution in [1.29, 1.82) is 0 Å². The van der Waals surface area contributed by atoms with E-state index in [1.165, 1.54) is 36.2 Å². The van der Waals surface area contributed by atoms with Crippen LogP contribution in [0.1, 0.15) is 43.7 Å². The maximum Gasteiger partial charge on any atom is 0.229 e. The maximum atomic E-state index is 4.83. The Balaban J connectivity index is 1.37. The van der Waals surface area contributed by atoms with Crippen molar-refractivity contribution in [3.05, 3.63) is 91.3 Å². The average Bonchev–Trinajstić information content (AvgIpc) is 2.93. The normalized spacial score (nSPS) is 15.1. The fourth-order valence-corrected chi connectivity index (χ4v) is 5.08. The van der Waals surface area contributed by atoms with E-state index in [1.807, 2.05) is 19.2 Å². The molecule has 6 nitrogen and oxygen atoms in total. The third-order valence-corrected chi connectivity index (χ3v) is 7.14. The molecule has 2 aliphatic rings. The molecule has 0 unspecified atom stereocenters. The van der Waals surface area contributed by atoms with Crippen molar-refractivity contribution in [2.75, 3.05) is 40.1 Å². The van der Waals surface area contributed by atoms with E-state index >= 15 is 0 Å². The number of nitrogens with zero attached hydrogens (tertiary/aromatic N) is 4. The van der Waals surface area contributed by atoms with E-state index in [0.717, 1.165) is 66.5 Å². The van der Waals surface area contributed by atoms with Crippen LogP contribution in [0.3, 0.4) is 0 Å². The molecule has 1 saturated heterocycles. The highest BCUT2D eigenvalue weighted by atomic mass is 15.2. The maximum absolute atomic E-state index is 4.83. The highest BCUT2D eigenvalue weighted by Crippen LogP contribution is 2.34. The molecule has 2 aliphatic heterocycles. The largest absolute Gasteiger partial charge is 0.372 e. The molecule has 1 fully saturated rings. The quantitative estimate of drug-likeness (QED) is 0.319. The number of aromatic nitrogens is 2. The van der Waals surface area contributed by atoms with Gasteiger partial charge in [0.15, 0.2) is 0 Å². The van der Waals surface area contributed by atoms with Gasteiger partial charge in [0.25, 0.3) is 0 Å². The summed E-state index contributed by atoms with van der Waals surface area (Å²) in [5.74, 6) is 1.26. The molecule has 2 N–H and O–H groups in total. The first-order valence-electron chi connectivity index (χ1n) is 13.2. The Morgan fingerprint density at radius 3 is 2.41 bits per heavy atom. The van der Waals surface area contributed by atoms with Crippen LogP contribution in [0.5, 0.6) is 0 Å². The molecule has 6 heteroatoms. The van der Waals surface area contributed by atoms with Gasteiger partial charge in [-0.2, -0.15) is 4.98 Å². The Hall–Kier alpha value is -4.06. The minimum absolute atomic E-state index is 0.540. The monoisotopic (exact) mass is 492 g/mol. The first-order valence-corrected chi connectivity index (χ1v) is 13.2. The second-order valence-electron chi connectivity index (χ2n) is 9.87. The molecule has 0 atom stereocenters. The molecule has 0 saturated carbocycles. The van der Waals surface area contributed by atoms with E-state index in [9.17, 15) is 0 Å². The number of fused-ring (bicyclic) bond motifs is 1. The standard InChI is InChI=1S/C31H36N6/c1-5-23(4)37-19-9-10-24-11-12-26(20-29(24)37)33-30-28(22(2)3)21-32-31(35-30)34-25-13-15-27(16-14-25)36-17-7-6-8-18-36/h5,11-16,20-21H,1-2,4,6-10,17-19H2,3H3,(H2,32,33,34,35). The molecule has 37 heavy (non-hydrogen) atoms. The summed E-state index contributed by atoms with van der Waals surface area (Å²) in [7, 11) is 0. The van der Waals surface area contributed by atoms with Gasteiger partial charge in [-0.1, -0.05) is 25.8 Å². The molecule has 1 aromatic heterocycles. The van der Waals surface area contributed by atoms with Gasteiger partial charge in [-0.15, -0.1) is 0 Å². The van der Waals surface area contributed by atoms with Gasteiger partial charge in [0, 0.05) is 59.8 Å². The Morgan fingerprint density at radius 1 is 0.919 bits per heavy atom. The van der Waals surface area contributed by atoms with Gasteiger partial charge in [0.1, 0.15) is 5.82 Å². The van der Waals surface area contributed by atoms with Gasteiger partial charge in [0.05, 0.1) is 0 Å². The van der Waals surface area contributed by atoms with E-state index in [1.54, 1.807) is 0 Å². The summed E-state index contributed by atoms with van der Waals surface area (Å²) >= 11 is 0. The van der Waals surface area contributed by atoms with Gasteiger partial charge in [0.2, 0.25) is 5.95 Å². The highest BCUT2D eigenvalue weighted by Gasteiger charge is 2.19. The number of piperidine rings is 1. The first-order chi connectivity index (χ1) is 18.0. The number of allylic oxidation sites excluding steroid dienone is 2. The number of hydrogen-bond acceptors (Lipinski definition) is 6. The van der Waals surface area contributed by atoms with Crippen molar-refractivity contribution in [3.63, 3.8) is 0 Å². The minimum atomic E-state index is 0.540. The SMILES string of the molecule is C=CC(=C)N1CCCc2ccc(Nc3nc(Nc4ccc(N5CCCCC5)cc4)ncc3C(=C)C)cc21. The van der Waals surface area contributed by atoms with Crippen LogP contribution in [0.15, 0.2) is 80.2 Å². The highest BCUT2D eigenvalue weighted by molar-refractivity contribution is 5.77. The summed E-state index contributed by atoms with van der Waals surface area (Å²) in [6.45, 7) is 17.4. The van der Waals surface area contributed by atoms with Gasteiger partial charge >= 0.3 is 0 Å². The zero-order valence-corrected chi connectivity index (χ0v) is 21.8. The summed E-state index contributed by atoms with van der Waals surface area (Å²) in [5, 5.41) is 6.88. The molecule has 190 valence electrons. The summed E-state index contributed by atoms with van der Waals surface area (Å²) in [6.07, 6.45) is 9.67. The lowest BCUT2D eigenvalue weighted by Gasteiger charge is -2.32. The fraction of sp³-hybridized carbons (Fsp3) is 0.290. The summed E-state index contributed by atoms with van der Waals surface area (Å²) < 4.78 is 0. The van der Waals surface area contributed by atoms with Crippen molar-refractivity contribution < 1.29 is 0 Å². The van der Waals surface area contributed by atoms with Crippen molar-refractivity contribution in [2.45, 2.75) is 39.0 Å². The van der Waals surface area contributed by atoms with E-state index in [4.69, 9.17) is 4.98 Å². The topological polar surface area (TPSA) is 56.3 Å². The Kier molecular flexibility index (Phi) is 7.26. The summed E-state index contributed by atoms with van der Waals surface area (Å²) in [5.41, 5.74) is 8.38. The van der Waals surface area contributed by atoms with Crippen LogP contribution >= 0.6 is 0 Å². The van der Waals surface area contributed by atoms with Crippen molar-refractivity contribution in [1.82, 2.24) is 9.97 Å². The van der Waals surface area contributed by atoms with Crippen molar-refractivity contribution in [3.8, 4) is 0 Å². The molecule has 3 aromatic rings. The Labute approximate surface area is 220 Å². The van der Waals surface area contributed by atoms with Crippen LogP contribution in [-0.2, 0) is 6.42 Å². The van der Waals surface area contributed by atoms with Gasteiger partial charge in [-0.05, 0) is 92.6 Å². The second kappa shape index (κ2) is 10.9. The Bertz CT molecular complexity index is 1300. The molecule has 0 spiro atoms. The van der Waals surface area contributed by atoms with E-state index in [0.29, 0.717) is 5.95 Å². The average molecular weight is 493 g/mol. The van der Waals surface area contributed by atoms with Crippen molar-refractivity contribution in [2.24, 2.45) is 0 Å². The van der Waals surface area contributed by atoms with E-state index < -0.39 is 0 Å². The fourth-order valence-electron chi connectivity index (χ4n) is 5.08. The zero-order valence-electron chi connectivity index (χ0n) is 21.8. The third kappa shape index (κ3) is 5.53. The molecular weight excluding hydrogens is 456 g/mol. The van der Waals surface area contributed by atoms with Gasteiger partial charge in [-0.25, -0.2) is 4.98 Å². The van der Waals surface area contributed by atoms with Crippen LogP contribution in [0, 0.1) is 0 Å². The Morgan fingerprint density at radius 2 is 1.68 bits per heavy atom. The van der Waals surface area contributed by atoms with E-state index in [2.05, 4.69) is 87.6 Å². The number of benzene rings is 2. The lowest BCUT2D eigenvalue weighted by Crippen LogP contribution is -2.29. The molecule has 3 heterocycles. The molecule has 0 aliphatic carbocycles. The number of anilines is 6. The molecule has 2 aromatic carbocycles. The molecular formula is C31H36N6. The van der Waals surface area contributed by atoms with Crippen LogP contribution < -0.4 is 20.4 Å².